The van der Waals surface area contributed by atoms with Gasteiger partial charge in [-0.05, 0) is 48.5 Å². The Morgan fingerprint density at radius 3 is 1.75 bits per heavy atom. The van der Waals surface area contributed by atoms with E-state index in [4.69, 9.17) is 14.2 Å². The van der Waals surface area contributed by atoms with Crippen LogP contribution in [0.25, 0.3) is 0 Å². The lowest BCUT2D eigenvalue weighted by Crippen LogP contribution is -2.11. The molecule has 0 aliphatic carbocycles. The van der Waals surface area contributed by atoms with E-state index in [9.17, 15) is 4.79 Å². The third kappa shape index (κ3) is 3.51. The van der Waals surface area contributed by atoms with Gasteiger partial charge in [0, 0.05) is 5.56 Å². The predicted octanol–water partition coefficient (Wildman–Crippen LogP) is 2.97. The van der Waals surface area contributed by atoms with E-state index in [0.717, 1.165) is 11.5 Å². The van der Waals surface area contributed by atoms with E-state index in [2.05, 4.69) is 0 Å². The van der Waals surface area contributed by atoms with E-state index in [1.807, 2.05) is 0 Å². The highest BCUT2D eigenvalue weighted by molar-refractivity contribution is 5.97. The second kappa shape index (κ2) is 6.61. The summed E-state index contributed by atoms with van der Waals surface area (Å²) in [6, 6.07) is 14.0. The van der Waals surface area contributed by atoms with Crippen LogP contribution in [0.4, 0.5) is 0 Å². The first-order valence-corrected chi connectivity index (χ1v) is 6.17. The Morgan fingerprint density at radius 1 is 0.800 bits per heavy atom. The Balaban J connectivity index is 1.93. The fourth-order valence-corrected chi connectivity index (χ4v) is 1.68. The monoisotopic (exact) mass is 272 g/mol. The number of rotatable bonds is 6. The zero-order valence-electron chi connectivity index (χ0n) is 11.5. The summed E-state index contributed by atoms with van der Waals surface area (Å²) in [7, 11) is 3.19. The van der Waals surface area contributed by atoms with Gasteiger partial charge in [0.15, 0.2) is 12.4 Å². The molecule has 0 amide bonds. The number of carbonyl (C=O) groups is 1. The van der Waals surface area contributed by atoms with Crippen molar-refractivity contribution in [2.24, 2.45) is 0 Å². The standard InChI is InChI=1S/C16H16O4/c1-18-13-5-3-12(4-6-13)16(17)11-20-15-9-7-14(19-2)8-10-15/h3-10H,11H2,1-2H3. The molecule has 0 aromatic heterocycles. The van der Waals surface area contributed by atoms with Crippen LogP contribution in [0.15, 0.2) is 48.5 Å². The molecule has 2 aromatic carbocycles. The highest BCUT2D eigenvalue weighted by atomic mass is 16.5. The van der Waals surface area contributed by atoms with E-state index in [-0.39, 0.29) is 12.4 Å². The van der Waals surface area contributed by atoms with Crippen LogP contribution in [-0.2, 0) is 0 Å². The zero-order valence-corrected chi connectivity index (χ0v) is 11.5. The van der Waals surface area contributed by atoms with Crippen molar-refractivity contribution in [3.05, 3.63) is 54.1 Å². The van der Waals surface area contributed by atoms with Crippen LogP contribution in [0.1, 0.15) is 10.4 Å². The summed E-state index contributed by atoms with van der Waals surface area (Å²) in [5, 5.41) is 0. The van der Waals surface area contributed by atoms with Crippen LogP contribution in [0.3, 0.4) is 0 Å². The summed E-state index contributed by atoms with van der Waals surface area (Å²) in [5.74, 6) is 2.02. The minimum atomic E-state index is -0.0801. The minimum absolute atomic E-state index is 0.00133. The quantitative estimate of drug-likeness (QED) is 0.758. The molecule has 2 rings (SSSR count). The second-order valence-electron chi connectivity index (χ2n) is 4.12. The van der Waals surface area contributed by atoms with Crippen molar-refractivity contribution in [3.63, 3.8) is 0 Å². The summed E-state index contributed by atoms with van der Waals surface area (Å²) in [6.07, 6.45) is 0. The Hall–Kier alpha value is -2.49. The first-order chi connectivity index (χ1) is 9.72. The van der Waals surface area contributed by atoms with Crippen LogP contribution >= 0.6 is 0 Å². The summed E-state index contributed by atoms with van der Waals surface area (Å²) in [4.78, 5) is 12.0. The van der Waals surface area contributed by atoms with Crippen LogP contribution in [0, 0.1) is 0 Å². The number of methoxy groups -OCH3 is 2. The molecular weight excluding hydrogens is 256 g/mol. The highest BCUT2D eigenvalue weighted by Gasteiger charge is 2.07. The number of ether oxygens (including phenoxy) is 3. The lowest BCUT2D eigenvalue weighted by molar-refractivity contribution is 0.0921. The molecule has 0 spiro atoms. The largest absolute Gasteiger partial charge is 0.497 e. The van der Waals surface area contributed by atoms with Gasteiger partial charge < -0.3 is 14.2 Å². The summed E-state index contributed by atoms with van der Waals surface area (Å²) in [6.45, 7) is -0.00133. The number of Topliss-reactive ketones (excluding diaryl/α,β-unsaturated/α-hetero) is 1. The lowest BCUT2D eigenvalue weighted by atomic mass is 10.1. The van der Waals surface area contributed by atoms with Crippen molar-refractivity contribution in [1.82, 2.24) is 0 Å². The molecule has 20 heavy (non-hydrogen) atoms. The highest BCUT2D eigenvalue weighted by Crippen LogP contribution is 2.17. The Bertz CT molecular complexity index is 558. The molecule has 0 bridgehead atoms. The topological polar surface area (TPSA) is 44.8 Å². The van der Waals surface area contributed by atoms with Gasteiger partial charge in [0.2, 0.25) is 0 Å². The number of ketones is 1. The summed E-state index contributed by atoms with van der Waals surface area (Å²) >= 11 is 0. The molecule has 0 N–H and O–H groups in total. The van der Waals surface area contributed by atoms with Crippen molar-refractivity contribution in [3.8, 4) is 17.2 Å². The van der Waals surface area contributed by atoms with Gasteiger partial charge in [0.1, 0.15) is 17.2 Å². The van der Waals surface area contributed by atoms with Crippen molar-refractivity contribution >= 4 is 5.78 Å². The van der Waals surface area contributed by atoms with Gasteiger partial charge in [-0.1, -0.05) is 0 Å². The number of carbonyl (C=O) groups excluding carboxylic acids is 1. The van der Waals surface area contributed by atoms with Crippen molar-refractivity contribution in [2.75, 3.05) is 20.8 Å². The molecule has 0 aliphatic heterocycles. The van der Waals surface area contributed by atoms with Gasteiger partial charge in [-0.3, -0.25) is 4.79 Å². The average Bonchev–Trinajstić information content (AvgIpc) is 2.53. The molecule has 0 saturated carbocycles. The molecule has 0 saturated heterocycles. The van der Waals surface area contributed by atoms with Crippen LogP contribution in [-0.4, -0.2) is 26.6 Å². The minimum Gasteiger partial charge on any atom is -0.497 e. The molecule has 0 aliphatic rings. The van der Waals surface area contributed by atoms with E-state index in [1.165, 1.54) is 0 Å². The average molecular weight is 272 g/mol. The molecule has 0 radical (unpaired) electrons. The predicted molar refractivity (Wildman–Crippen MR) is 75.8 cm³/mol. The number of hydrogen-bond donors (Lipinski definition) is 0. The summed E-state index contributed by atoms with van der Waals surface area (Å²) in [5.41, 5.74) is 0.597. The van der Waals surface area contributed by atoms with E-state index < -0.39 is 0 Å². The van der Waals surface area contributed by atoms with Crippen molar-refractivity contribution < 1.29 is 19.0 Å². The third-order valence-corrected chi connectivity index (χ3v) is 2.84. The Labute approximate surface area is 117 Å². The number of hydrogen-bond acceptors (Lipinski definition) is 4. The normalized spacial score (nSPS) is 9.90. The fraction of sp³-hybridized carbons (Fsp3) is 0.188. The second-order valence-corrected chi connectivity index (χ2v) is 4.12. The van der Waals surface area contributed by atoms with Gasteiger partial charge in [-0.2, -0.15) is 0 Å². The van der Waals surface area contributed by atoms with Crippen molar-refractivity contribution in [2.45, 2.75) is 0 Å². The van der Waals surface area contributed by atoms with Crippen LogP contribution in [0.5, 0.6) is 17.2 Å². The Kier molecular flexibility index (Phi) is 4.60. The first-order valence-electron chi connectivity index (χ1n) is 6.17. The van der Waals surface area contributed by atoms with E-state index >= 15 is 0 Å². The summed E-state index contributed by atoms with van der Waals surface area (Å²) < 4.78 is 15.5. The van der Waals surface area contributed by atoms with Gasteiger partial charge in [-0.15, -0.1) is 0 Å². The molecule has 0 unspecified atom stereocenters. The smallest absolute Gasteiger partial charge is 0.200 e. The Morgan fingerprint density at radius 2 is 1.25 bits per heavy atom. The van der Waals surface area contributed by atoms with Crippen molar-refractivity contribution in [1.29, 1.82) is 0 Å². The van der Waals surface area contributed by atoms with Gasteiger partial charge >= 0.3 is 0 Å². The maximum Gasteiger partial charge on any atom is 0.200 e. The molecule has 2 aromatic rings. The van der Waals surface area contributed by atoms with E-state index in [1.54, 1.807) is 62.8 Å². The van der Waals surface area contributed by atoms with Crippen LogP contribution < -0.4 is 14.2 Å². The molecule has 104 valence electrons. The fourth-order valence-electron chi connectivity index (χ4n) is 1.68. The van der Waals surface area contributed by atoms with Crippen LogP contribution in [0.2, 0.25) is 0 Å². The molecule has 4 nitrogen and oxygen atoms in total. The molecular formula is C16H16O4. The SMILES string of the molecule is COc1ccc(OCC(=O)c2ccc(OC)cc2)cc1. The van der Waals surface area contributed by atoms with E-state index in [0.29, 0.717) is 11.3 Å². The third-order valence-electron chi connectivity index (χ3n) is 2.84. The maximum absolute atomic E-state index is 12.0. The number of benzene rings is 2. The maximum atomic E-state index is 12.0. The van der Waals surface area contributed by atoms with Gasteiger partial charge in [-0.25, -0.2) is 0 Å². The lowest BCUT2D eigenvalue weighted by Gasteiger charge is -2.07. The first kappa shape index (κ1) is 13.9. The molecule has 0 fully saturated rings. The zero-order chi connectivity index (χ0) is 14.4. The van der Waals surface area contributed by atoms with Gasteiger partial charge in [0.25, 0.3) is 0 Å². The molecule has 4 heteroatoms. The molecule has 0 atom stereocenters. The molecule has 0 heterocycles. The van der Waals surface area contributed by atoms with Gasteiger partial charge in [0.05, 0.1) is 14.2 Å².